The van der Waals surface area contributed by atoms with Crippen molar-refractivity contribution >= 4 is 47.5 Å². The molecule has 1 fully saturated rings. The quantitative estimate of drug-likeness (QED) is 0.462. The second-order valence-electron chi connectivity index (χ2n) is 5.95. The van der Waals surface area contributed by atoms with E-state index in [4.69, 9.17) is 4.74 Å². The zero-order chi connectivity index (χ0) is 19.0. The highest BCUT2D eigenvalue weighted by Gasteiger charge is 2.40. The molecule has 0 saturated carbocycles. The Balaban J connectivity index is 0.00000225. The number of nitrogens with zero attached hydrogens (tertiary/aromatic N) is 2. The van der Waals surface area contributed by atoms with Crippen molar-refractivity contribution in [1.82, 2.24) is 10.2 Å². The molecule has 1 saturated heterocycles. The van der Waals surface area contributed by atoms with Crippen LogP contribution in [-0.4, -0.2) is 28.3 Å². The highest BCUT2D eigenvalue weighted by molar-refractivity contribution is 8.03. The van der Waals surface area contributed by atoms with Gasteiger partial charge in [-0.05, 0) is 29.2 Å². The average molecular weight is 418 g/mol. The molecule has 0 aromatic heterocycles. The molecule has 1 N–H and O–H groups in total. The molecule has 0 radical (unpaired) electrons. The lowest BCUT2D eigenvalue weighted by Crippen LogP contribution is -2.27. The number of rotatable bonds is 4. The van der Waals surface area contributed by atoms with Crippen LogP contribution in [-0.2, 0) is 4.79 Å². The topological polar surface area (TPSA) is 84.7 Å². The van der Waals surface area contributed by atoms with Crippen molar-refractivity contribution in [3.05, 3.63) is 80.9 Å². The number of ether oxygens (including phenoxy) is 1. The number of nitro benzene ring substituents is 1. The van der Waals surface area contributed by atoms with E-state index >= 15 is 0 Å². The number of methoxy groups -OCH3 is 1. The van der Waals surface area contributed by atoms with Gasteiger partial charge >= 0.3 is 0 Å². The largest absolute Gasteiger partial charge is 0.497 e. The fourth-order valence-electron chi connectivity index (χ4n) is 3.00. The van der Waals surface area contributed by atoms with Gasteiger partial charge in [0.25, 0.3) is 11.6 Å². The molecule has 0 bridgehead atoms. The van der Waals surface area contributed by atoms with Gasteiger partial charge < -0.3 is 15.0 Å². The first-order valence-corrected chi connectivity index (χ1v) is 9.07. The molecule has 2 heterocycles. The molecule has 2 aromatic carbocycles. The van der Waals surface area contributed by atoms with Gasteiger partial charge in [-0.25, -0.2) is 0 Å². The molecule has 2 aliphatic rings. The first-order chi connectivity index (χ1) is 13.1. The van der Waals surface area contributed by atoms with Crippen molar-refractivity contribution in [3.63, 3.8) is 0 Å². The number of thioether (sulfide) groups is 1. The highest BCUT2D eigenvalue weighted by Crippen LogP contribution is 2.42. The molecule has 0 aliphatic carbocycles. The van der Waals surface area contributed by atoms with Crippen molar-refractivity contribution in [1.29, 1.82) is 0 Å². The zero-order valence-corrected chi connectivity index (χ0v) is 16.3. The van der Waals surface area contributed by atoms with Gasteiger partial charge in [0.15, 0.2) is 5.50 Å². The molecule has 9 heteroatoms. The minimum absolute atomic E-state index is 0. The van der Waals surface area contributed by atoms with Gasteiger partial charge in [-0.15, -0.1) is 12.4 Å². The summed E-state index contributed by atoms with van der Waals surface area (Å²) in [7, 11) is 1.60. The van der Waals surface area contributed by atoms with E-state index in [1.54, 1.807) is 25.3 Å². The first kappa shape index (κ1) is 19.8. The summed E-state index contributed by atoms with van der Waals surface area (Å²) < 4.78 is 5.16. The molecule has 2 aliphatic heterocycles. The van der Waals surface area contributed by atoms with E-state index in [1.807, 2.05) is 34.6 Å². The highest BCUT2D eigenvalue weighted by atomic mass is 35.5. The van der Waals surface area contributed by atoms with E-state index < -0.39 is 4.92 Å². The predicted molar refractivity (Wildman–Crippen MR) is 111 cm³/mol. The summed E-state index contributed by atoms with van der Waals surface area (Å²) in [5, 5.41) is 15.9. The van der Waals surface area contributed by atoms with E-state index in [1.165, 1.54) is 23.9 Å². The Labute approximate surface area is 171 Å². The van der Waals surface area contributed by atoms with Crippen molar-refractivity contribution in [2.75, 3.05) is 7.11 Å². The van der Waals surface area contributed by atoms with Crippen molar-refractivity contribution in [3.8, 4) is 5.75 Å². The first-order valence-electron chi connectivity index (χ1n) is 8.13. The number of halogens is 1. The molecule has 7 nitrogen and oxygen atoms in total. The molecule has 2 aromatic rings. The Kier molecular flexibility index (Phi) is 5.62. The Morgan fingerprint density at radius 2 is 2.00 bits per heavy atom. The van der Waals surface area contributed by atoms with Gasteiger partial charge in [-0.1, -0.05) is 36.0 Å². The van der Waals surface area contributed by atoms with Crippen LogP contribution in [0.25, 0.3) is 11.8 Å². The van der Waals surface area contributed by atoms with E-state index in [2.05, 4.69) is 5.32 Å². The minimum atomic E-state index is -0.425. The monoisotopic (exact) mass is 417 g/mol. The number of nitrogens with one attached hydrogen (secondary N) is 1. The summed E-state index contributed by atoms with van der Waals surface area (Å²) in [6.45, 7) is 0. The SMILES string of the molecule is COc1ccc(/C=C2\C(=O)NC3SC=C(c4cccc([N+](=O)[O-])c4)N23)cc1.Cl. The Morgan fingerprint density at radius 1 is 1.25 bits per heavy atom. The van der Waals surface area contributed by atoms with Crippen LogP contribution in [0.15, 0.2) is 59.6 Å². The maximum atomic E-state index is 12.5. The van der Waals surface area contributed by atoms with Crippen LogP contribution in [0.2, 0.25) is 0 Å². The Bertz CT molecular complexity index is 991. The van der Waals surface area contributed by atoms with Crippen LogP contribution in [0.3, 0.4) is 0 Å². The smallest absolute Gasteiger partial charge is 0.270 e. The second-order valence-corrected chi connectivity index (χ2v) is 6.90. The van der Waals surface area contributed by atoms with Gasteiger partial charge in [-0.2, -0.15) is 0 Å². The van der Waals surface area contributed by atoms with Gasteiger partial charge in [0.05, 0.1) is 17.7 Å². The minimum Gasteiger partial charge on any atom is -0.497 e. The van der Waals surface area contributed by atoms with E-state index in [-0.39, 0.29) is 29.5 Å². The molecule has 1 unspecified atom stereocenters. The molecule has 1 atom stereocenters. The standard InChI is InChI=1S/C19H15N3O4S.ClH/c1-26-15-7-5-12(6-8-15)9-16-18(23)20-19-21(16)17(11-27-19)13-3-2-4-14(10-13)22(24)25;/h2-11,19H,1H3,(H,20,23);1H/b16-9+;. The number of nitro groups is 1. The maximum Gasteiger partial charge on any atom is 0.270 e. The second kappa shape index (κ2) is 7.95. The normalized spacial score (nSPS) is 19.0. The third-order valence-electron chi connectivity index (χ3n) is 4.32. The Morgan fingerprint density at radius 3 is 2.68 bits per heavy atom. The molecular formula is C19H16ClN3O4S. The van der Waals surface area contributed by atoms with Crippen molar-refractivity contribution in [2.24, 2.45) is 0 Å². The third-order valence-corrected chi connectivity index (χ3v) is 5.27. The molecule has 4 rings (SSSR count). The van der Waals surface area contributed by atoms with Gasteiger partial charge in [0, 0.05) is 17.7 Å². The maximum absolute atomic E-state index is 12.5. The number of carbonyl (C=O) groups excluding carboxylic acids is 1. The van der Waals surface area contributed by atoms with E-state index in [0.717, 1.165) is 17.0 Å². The number of hydrogen-bond donors (Lipinski definition) is 1. The van der Waals surface area contributed by atoms with Gasteiger partial charge in [0.1, 0.15) is 11.4 Å². The summed E-state index contributed by atoms with van der Waals surface area (Å²) >= 11 is 1.46. The van der Waals surface area contributed by atoms with Crippen molar-refractivity contribution in [2.45, 2.75) is 5.50 Å². The molecule has 1 amide bonds. The summed E-state index contributed by atoms with van der Waals surface area (Å²) in [5.41, 5.74) is 2.56. The fourth-order valence-corrected chi connectivity index (χ4v) is 4.03. The average Bonchev–Trinajstić information content (AvgIpc) is 3.22. The lowest BCUT2D eigenvalue weighted by Gasteiger charge is -2.21. The molecular weight excluding hydrogens is 402 g/mol. The van der Waals surface area contributed by atoms with Crippen LogP contribution in [0.1, 0.15) is 11.1 Å². The van der Waals surface area contributed by atoms with Gasteiger partial charge in [-0.3, -0.25) is 14.9 Å². The summed E-state index contributed by atoms with van der Waals surface area (Å²) in [5.74, 6) is 0.555. The number of benzene rings is 2. The Hall–Kier alpha value is -2.97. The van der Waals surface area contributed by atoms with Crippen LogP contribution in [0.4, 0.5) is 5.69 Å². The number of carbonyl (C=O) groups is 1. The molecule has 144 valence electrons. The van der Waals surface area contributed by atoms with Crippen molar-refractivity contribution < 1.29 is 14.5 Å². The summed E-state index contributed by atoms with van der Waals surface area (Å²) in [6.07, 6.45) is 1.80. The van der Waals surface area contributed by atoms with E-state index in [0.29, 0.717) is 11.3 Å². The van der Waals surface area contributed by atoms with Gasteiger partial charge in [0.2, 0.25) is 0 Å². The third kappa shape index (κ3) is 3.56. The number of fused-ring (bicyclic) bond motifs is 1. The predicted octanol–water partition coefficient (Wildman–Crippen LogP) is 3.83. The number of amides is 1. The fraction of sp³-hybridized carbons (Fsp3) is 0.105. The van der Waals surface area contributed by atoms with E-state index in [9.17, 15) is 14.9 Å². The zero-order valence-electron chi connectivity index (χ0n) is 14.7. The summed E-state index contributed by atoms with van der Waals surface area (Å²) in [4.78, 5) is 25.0. The lowest BCUT2D eigenvalue weighted by molar-refractivity contribution is -0.384. The van der Waals surface area contributed by atoms with Crippen LogP contribution in [0.5, 0.6) is 5.75 Å². The number of non-ortho nitro benzene ring substituents is 1. The molecule has 0 spiro atoms. The number of hydrogen-bond acceptors (Lipinski definition) is 6. The molecule has 28 heavy (non-hydrogen) atoms. The van der Waals surface area contributed by atoms with Crippen LogP contribution < -0.4 is 10.1 Å². The summed E-state index contributed by atoms with van der Waals surface area (Å²) in [6, 6.07) is 13.8. The lowest BCUT2D eigenvalue weighted by atomic mass is 10.1. The van der Waals surface area contributed by atoms with Crippen LogP contribution in [0, 0.1) is 10.1 Å². The van der Waals surface area contributed by atoms with Crippen LogP contribution >= 0.6 is 24.2 Å².